The highest BCUT2D eigenvalue weighted by Gasteiger charge is 2.08. The molecule has 0 atom stereocenters. The molecule has 0 radical (unpaired) electrons. The predicted molar refractivity (Wildman–Crippen MR) is 55.8 cm³/mol. The molecule has 0 bridgehead atoms. The molecule has 0 unspecified atom stereocenters. The summed E-state index contributed by atoms with van der Waals surface area (Å²) in [5.41, 5.74) is 0. The molecular formula is C11H18O3. The maximum atomic E-state index is 11.1. The second-order valence-corrected chi connectivity index (χ2v) is 2.87. The van der Waals surface area contributed by atoms with Crippen LogP contribution in [0.3, 0.4) is 0 Å². The van der Waals surface area contributed by atoms with Crippen LogP contribution in [0, 0.1) is 0 Å². The monoisotopic (exact) mass is 198 g/mol. The van der Waals surface area contributed by atoms with E-state index in [1.54, 1.807) is 0 Å². The van der Waals surface area contributed by atoms with E-state index in [1.165, 1.54) is 6.08 Å². The highest BCUT2D eigenvalue weighted by atomic mass is 16.6. The first-order chi connectivity index (χ1) is 6.72. The van der Waals surface area contributed by atoms with Crippen LogP contribution in [0.1, 0.15) is 26.2 Å². The lowest BCUT2D eigenvalue weighted by atomic mass is 10.3. The zero-order valence-corrected chi connectivity index (χ0v) is 8.75. The van der Waals surface area contributed by atoms with Crippen molar-refractivity contribution in [3.63, 3.8) is 0 Å². The number of hydrogen-bond acceptors (Lipinski definition) is 3. The Morgan fingerprint density at radius 2 is 2.07 bits per heavy atom. The fourth-order valence-corrected chi connectivity index (χ4v) is 0.821. The van der Waals surface area contributed by atoms with E-state index in [1.807, 2.05) is 0 Å². The van der Waals surface area contributed by atoms with Gasteiger partial charge in [-0.15, -0.1) is 0 Å². The molecular weight excluding hydrogens is 180 g/mol. The Bertz CT molecular complexity index is 197. The van der Waals surface area contributed by atoms with Crippen molar-refractivity contribution in [3.8, 4) is 0 Å². The van der Waals surface area contributed by atoms with Crippen LogP contribution in [0.2, 0.25) is 0 Å². The summed E-state index contributed by atoms with van der Waals surface area (Å²) in [6.45, 7) is 9.72. The number of hydrogen-bond donors (Lipinski definition) is 0. The molecule has 0 fully saturated rings. The zero-order chi connectivity index (χ0) is 10.8. The number of esters is 1. The van der Waals surface area contributed by atoms with Crippen molar-refractivity contribution in [2.45, 2.75) is 26.2 Å². The maximum absolute atomic E-state index is 11.1. The number of unbranched alkanes of at least 4 members (excludes halogenated alkanes) is 2. The van der Waals surface area contributed by atoms with Gasteiger partial charge in [0.25, 0.3) is 0 Å². The largest absolute Gasteiger partial charge is 0.487 e. The average molecular weight is 198 g/mol. The van der Waals surface area contributed by atoms with Gasteiger partial charge in [0, 0.05) is 0 Å². The Hall–Kier alpha value is -1.25. The summed E-state index contributed by atoms with van der Waals surface area (Å²) in [5, 5.41) is 0. The van der Waals surface area contributed by atoms with Crippen LogP contribution in [0.4, 0.5) is 0 Å². The Balaban J connectivity index is 3.52. The Morgan fingerprint density at radius 3 is 2.64 bits per heavy atom. The molecule has 0 aliphatic rings. The fourth-order valence-electron chi connectivity index (χ4n) is 0.821. The van der Waals surface area contributed by atoms with Gasteiger partial charge >= 0.3 is 5.97 Å². The molecule has 0 aromatic heterocycles. The van der Waals surface area contributed by atoms with Gasteiger partial charge in [-0.3, -0.25) is 0 Å². The van der Waals surface area contributed by atoms with E-state index >= 15 is 0 Å². The smallest absolute Gasteiger partial charge is 0.373 e. The van der Waals surface area contributed by atoms with Crippen molar-refractivity contribution in [3.05, 3.63) is 25.0 Å². The van der Waals surface area contributed by atoms with Crippen LogP contribution in [0.25, 0.3) is 0 Å². The van der Waals surface area contributed by atoms with Gasteiger partial charge in [-0.1, -0.05) is 32.4 Å². The Kier molecular flexibility index (Phi) is 7.61. The first-order valence-corrected chi connectivity index (χ1v) is 4.82. The lowest BCUT2D eigenvalue weighted by Crippen LogP contribution is -2.10. The minimum absolute atomic E-state index is 0.0722. The number of ether oxygens (including phenoxy) is 2. The molecule has 80 valence electrons. The molecule has 14 heavy (non-hydrogen) atoms. The maximum Gasteiger partial charge on any atom is 0.373 e. The van der Waals surface area contributed by atoms with Gasteiger partial charge in [-0.2, -0.15) is 0 Å². The summed E-state index contributed by atoms with van der Waals surface area (Å²) in [7, 11) is 0. The summed E-state index contributed by atoms with van der Waals surface area (Å²) < 4.78 is 9.83. The predicted octanol–water partition coefficient (Wildman–Crippen LogP) is 2.44. The SMILES string of the molecule is C=CCOC(=O)C(=C)OCCCCC. The highest BCUT2D eigenvalue weighted by molar-refractivity contribution is 5.85. The van der Waals surface area contributed by atoms with E-state index in [0.717, 1.165) is 19.3 Å². The standard InChI is InChI=1S/C11H18O3/c1-4-6-7-9-13-10(3)11(12)14-8-5-2/h5H,2-4,6-9H2,1H3. The van der Waals surface area contributed by atoms with Gasteiger partial charge in [0.2, 0.25) is 0 Å². The summed E-state index contributed by atoms with van der Waals surface area (Å²) in [4.78, 5) is 11.1. The quantitative estimate of drug-likeness (QED) is 0.197. The lowest BCUT2D eigenvalue weighted by molar-refractivity contribution is -0.141. The van der Waals surface area contributed by atoms with Crippen molar-refractivity contribution in [2.24, 2.45) is 0 Å². The van der Waals surface area contributed by atoms with Crippen molar-refractivity contribution < 1.29 is 14.3 Å². The first-order valence-electron chi connectivity index (χ1n) is 4.82. The third-order valence-electron chi connectivity index (χ3n) is 1.58. The molecule has 0 aromatic rings. The van der Waals surface area contributed by atoms with Crippen LogP contribution >= 0.6 is 0 Å². The minimum Gasteiger partial charge on any atom is -0.487 e. The van der Waals surface area contributed by atoms with E-state index in [4.69, 9.17) is 9.47 Å². The first kappa shape index (κ1) is 12.8. The van der Waals surface area contributed by atoms with Crippen LogP contribution < -0.4 is 0 Å². The Morgan fingerprint density at radius 1 is 1.36 bits per heavy atom. The minimum atomic E-state index is -0.513. The molecule has 0 aliphatic heterocycles. The molecule has 0 N–H and O–H groups in total. The summed E-state index contributed by atoms with van der Waals surface area (Å²) in [6, 6.07) is 0. The van der Waals surface area contributed by atoms with E-state index in [2.05, 4.69) is 20.1 Å². The molecule has 0 aliphatic carbocycles. The Labute approximate surface area is 85.4 Å². The molecule has 0 saturated carbocycles. The van der Waals surface area contributed by atoms with Crippen LogP contribution in [0.5, 0.6) is 0 Å². The van der Waals surface area contributed by atoms with Gasteiger partial charge in [0.15, 0.2) is 5.76 Å². The summed E-state index contributed by atoms with van der Waals surface area (Å²) >= 11 is 0. The van der Waals surface area contributed by atoms with Gasteiger partial charge in [0.05, 0.1) is 6.61 Å². The lowest BCUT2D eigenvalue weighted by Gasteiger charge is -2.07. The second kappa shape index (κ2) is 8.35. The fraction of sp³-hybridized carbons (Fsp3) is 0.545. The van der Waals surface area contributed by atoms with Crippen LogP contribution in [0.15, 0.2) is 25.0 Å². The zero-order valence-electron chi connectivity index (χ0n) is 8.75. The third-order valence-corrected chi connectivity index (χ3v) is 1.58. The van der Waals surface area contributed by atoms with Crippen LogP contribution in [-0.4, -0.2) is 19.2 Å². The highest BCUT2D eigenvalue weighted by Crippen LogP contribution is 2.01. The molecule has 3 heteroatoms. The number of carbonyl (C=O) groups is 1. The van der Waals surface area contributed by atoms with Crippen molar-refractivity contribution in [1.82, 2.24) is 0 Å². The van der Waals surface area contributed by atoms with E-state index in [-0.39, 0.29) is 12.4 Å². The molecule has 3 nitrogen and oxygen atoms in total. The second-order valence-electron chi connectivity index (χ2n) is 2.87. The van der Waals surface area contributed by atoms with Gasteiger partial charge in [-0.25, -0.2) is 4.79 Å². The molecule has 0 rings (SSSR count). The topological polar surface area (TPSA) is 35.5 Å². The van der Waals surface area contributed by atoms with Crippen molar-refractivity contribution in [1.29, 1.82) is 0 Å². The van der Waals surface area contributed by atoms with E-state index in [9.17, 15) is 4.79 Å². The molecule has 0 saturated heterocycles. The van der Waals surface area contributed by atoms with Crippen molar-refractivity contribution >= 4 is 5.97 Å². The number of carbonyl (C=O) groups excluding carboxylic acids is 1. The van der Waals surface area contributed by atoms with Gasteiger partial charge in [-0.05, 0) is 13.0 Å². The molecule has 0 heterocycles. The molecule has 0 spiro atoms. The normalized spacial score (nSPS) is 9.21. The third kappa shape index (κ3) is 6.29. The van der Waals surface area contributed by atoms with Crippen LogP contribution in [-0.2, 0) is 14.3 Å². The molecule has 0 aromatic carbocycles. The average Bonchev–Trinajstić information content (AvgIpc) is 2.20. The van der Waals surface area contributed by atoms with Gasteiger partial charge in [0.1, 0.15) is 6.61 Å². The number of rotatable bonds is 8. The summed E-state index contributed by atoms with van der Waals surface area (Å²) in [5.74, 6) is -0.440. The molecule has 0 amide bonds. The van der Waals surface area contributed by atoms with E-state index < -0.39 is 5.97 Å². The summed E-state index contributed by atoms with van der Waals surface area (Å²) in [6.07, 6.45) is 4.65. The van der Waals surface area contributed by atoms with E-state index in [0.29, 0.717) is 6.61 Å². The van der Waals surface area contributed by atoms with Gasteiger partial charge < -0.3 is 9.47 Å². The van der Waals surface area contributed by atoms with Crippen molar-refractivity contribution in [2.75, 3.05) is 13.2 Å².